The molecule has 0 radical (unpaired) electrons. The highest BCUT2D eigenvalue weighted by atomic mass is 16.5. The van der Waals surface area contributed by atoms with Crippen molar-refractivity contribution in [1.82, 2.24) is 4.98 Å². The fourth-order valence-corrected chi connectivity index (χ4v) is 1.64. The first-order valence-corrected chi connectivity index (χ1v) is 6.07. The highest BCUT2D eigenvalue weighted by Crippen LogP contribution is 2.23. The summed E-state index contributed by atoms with van der Waals surface area (Å²) in [6, 6.07) is 11.3. The molecule has 2 aromatic rings. The Hall–Kier alpha value is -1.87. The molecule has 3 nitrogen and oxygen atoms in total. The minimum atomic E-state index is -0.403. The number of aryl methyl sites for hydroxylation is 1. The van der Waals surface area contributed by atoms with E-state index in [1.54, 1.807) is 6.20 Å². The maximum Gasteiger partial charge on any atom is 0.145 e. The van der Waals surface area contributed by atoms with Crippen LogP contribution in [0.2, 0.25) is 0 Å². The van der Waals surface area contributed by atoms with E-state index >= 15 is 0 Å². The third kappa shape index (κ3) is 3.08. The van der Waals surface area contributed by atoms with Gasteiger partial charge in [-0.2, -0.15) is 0 Å². The molecule has 0 aliphatic rings. The van der Waals surface area contributed by atoms with Gasteiger partial charge in [-0.3, -0.25) is 4.98 Å². The van der Waals surface area contributed by atoms with Crippen molar-refractivity contribution in [1.29, 1.82) is 0 Å². The largest absolute Gasteiger partial charge is 0.456 e. The SMILES string of the molecule is CCC(O)c1ccc(Oc2ccc(C)nc2)cc1. The van der Waals surface area contributed by atoms with E-state index < -0.39 is 6.10 Å². The molecule has 0 bridgehead atoms. The molecule has 3 heteroatoms. The van der Waals surface area contributed by atoms with Crippen molar-refractivity contribution >= 4 is 0 Å². The summed E-state index contributed by atoms with van der Waals surface area (Å²) in [7, 11) is 0. The van der Waals surface area contributed by atoms with Gasteiger partial charge in [-0.1, -0.05) is 19.1 Å². The summed E-state index contributed by atoms with van der Waals surface area (Å²) >= 11 is 0. The van der Waals surface area contributed by atoms with E-state index in [1.807, 2.05) is 50.2 Å². The molecule has 1 N–H and O–H groups in total. The van der Waals surface area contributed by atoms with Gasteiger partial charge in [0.05, 0.1) is 12.3 Å². The molecule has 0 saturated heterocycles. The summed E-state index contributed by atoms with van der Waals surface area (Å²) in [4.78, 5) is 4.17. The summed E-state index contributed by atoms with van der Waals surface area (Å²) in [6.07, 6.45) is 2.01. The fraction of sp³-hybridized carbons (Fsp3) is 0.267. The lowest BCUT2D eigenvalue weighted by atomic mass is 10.1. The molecule has 2 rings (SSSR count). The molecule has 0 amide bonds. The number of hydrogen-bond acceptors (Lipinski definition) is 3. The number of hydrogen-bond donors (Lipinski definition) is 1. The van der Waals surface area contributed by atoms with Gasteiger partial charge in [-0.05, 0) is 43.2 Å². The van der Waals surface area contributed by atoms with E-state index in [4.69, 9.17) is 4.74 Å². The molecule has 0 fully saturated rings. The normalized spacial score (nSPS) is 12.2. The molecular formula is C15H17NO2. The molecule has 0 aliphatic heterocycles. The minimum absolute atomic E-state index is 0.403. The molecule has 1 heterocycles. The molecule has 0 spiro atoms. The maximum absolute atomic E-state index is 9.69. The van der Waals surface area contributed by atoms with Crippen molar-refractivity contribution in [3.63, 3.8) is 0 Å². The average molecular weight is 243 g/mol. The molecule has 0 aliphatic carbocycles. The smallest absolute Gasteiger partial charge is 0.145 e. The van der Waals surface area contributed by atoms with E-state index in [0.29, 0.717) is 12.2 Å². The van der Waals surface area contributed by atoms with Crippen LogP contribution in [0.4, 0.5) is 0 Å². The Morgan fingerprint density at radius 2 is 1.78 bits per heavy atom. The number of aromatic nitrogens is 1. The van der Waals surface area contributed by atoms with Gasteiger partial charge in [-0.15, -0.1) is 0 Å². The Kier molecular flexibility index (Phi) is 3.95. The van der Waals surface area contributed by atoms with E-state index in [9.17, 15) is 5.11 Å². The van der Waals surface area contributed by atoms with Crippen LogP contribution >= 0.6 is 0 Å². The molecule has 0 saturated carbocycles. The lowest BCUT2D eigenvalue weighted by molar-refractivity contribution is 0.173. The van der Waals surface area contributed by atoms with Gasteiger partial charge in [0, 0.05) is 5.69 Å². The number of nitrogens with zero attached hydrogens (tertiary/aromatic N) is 1. The maximum atomic E-state index is 9.69. The Morgan fingerprint density at radius 3 is 2.33 bits per heavy atom. The van der Waals surface area contributed by atoms with E-state index in [2.05, 4.69) is 4.98 Å². The van der Waals surface area contributed by atoms with Gasteiger partial charge in [0.15, 0.2) is 0 Å². The van der Waals surface area contributed by atoms with Crippen LogP contribution in [0.25, 0.3) is 0 Å². The summed E-state index contributed by atoms with van der Waals surface area (Å²) in [6.45, 7) is 3.89. The van der Waals surface area contributed by atoms with Crippen molar-refractivity contribution in [2.45, 2.75) is 26.4 Å². The molecule has 1 unspecified atom stereocenters. The highest BCUT2D eigenvalue weighted by molar-refractivity contribution is 5.32. The topological polar surface area (TPSA) is 42.4 Å². The summed E-state index contributed by atoms with van der Waals surface area (Å²) in [5.41, 5.74) is 1.87. The highest BCUT2D eigenvalue weighted by Gasteiger charge is 2.04. The summed E-state index contributed by atoms with van der Waals surface area (Å²) in [5.74, 6) is 1.46. The summed E-state index contributed by atoms with van der Waals surface area (Å²) < 4.78 is 5.66. The van der Waals surface area contributed by atoms with Crippen LogP contribution in [-0.2, 0) is 0 Å². The zero-order chi connectivity index (χ0) is 13.0. The second-order valence-corrected chi connectivity index (χ2v) is 4.23. The van der Waals surface area contributed by atoms with Crippen LogP contribution in [-0.4, -0.2) is 10.1 Å². The average Bonchev–Trinajstić information content (AvgIpc) is 2.41. The lowest BCUT2D eigenvalue weighted by Crippen LogP contribution is -1.94. The number of aliphatic hydroxyl groups is 1. The first-order chi connectivity index (χ1) is 8.69. The Labute approximate surface area is 107 Å². The third-order valence-corrected chi connectivity index (χ3v) is 2.77. The van der Waals surface area contributed by atoms with Gasteiger partial charge in [-0.25, -0.2) is 0 Å². The van der Waals surface area contributed by atoms with Crippen LogP contribution in [0.5, 0.6) is 11.5 Å². The third-order valence-electron chi connectivity index (χ3n) is 2.77. The molecule has 18 heavy (non-hydrogen) atoms. The van der Waals surface area contributed by atoms with Crippen LogP contribution in [0.3, 0.4) is 0 Å². The Bertz CT molecular complexity index is 491. The minimum Gasteiger partial charge on any atom is -0.456 e. The number of aliphatic hydroxyl groups excluding tert-OH is 1. The van der Waals surface area contributed by atoms with Gasteiger partial charge in [0.1, 0.15) is 11.5 Å². The van der Waals surface area contributed by atoms with Gasteiger partial charge in [0.25, 0.3) is 0 Å². The molecular weight excluding hydrogens is 226 g/mol. The monoisotopic (exact) mass is 243 g/mol. The van der Waals surface area contributed by atoms with Crippen molar-refractivity contribution in [3.05, 3.63) is 53.9 Å². The van der Waals surface area contributed by atoms with E-state index in [0.717, 1.165) is 17.0 Å². The van der Waals surface area contributed by atoms with Crippen molar-refractivity contribution < 1.29 is 9.84 Å². The van der Waals surface area contributed by atoms with Crippen LogP contribution in [0, 0.1) is 6.92 Å². The lowest BCUT2D eigenvalue weighted by Gasteiger charge is -2.09. The van der Waals surface area contributed by atoms with E-state index in [-0.39, 0.29) is 0 Å². The zero-order valence-electron chi connectivity index (χ0n) is 10.6. The van der Waals surface area contributed by atoms with Gasteiger partial charge < -0.3 is 9.84 Å². The van der Waals surface area contributed by atoms with Crippen molar-refractivity contribution in [2.75, 3.05) is 0 Å². The van der Waals surface area contributed by atoms with Crippen molar-refractivity contribution in [3.8, 4) is 11.5 Å². The number of rotatable bonds is 4. The Morgan fingerprint density at radius 1 is 1.11 bits per heavy atom. The molecule has 1 aromatic heterocycles. The molecule has 1 aromatic carbocycles. The first-order valence-electron chi connectivity index (χ1n) is 6.07. The number of ether oxygens (including phenoxy) is 1. The molecule has 94 valence electrons. The van der Waals surface area contributed by atoms with Gasteiger partial charge in [0.2, 0.25) is 0 Å². The van der Waals surface area contributed by atoms with Crippen LogP contribution in [0.15, 0.2) is 42.6 Å². The van der Waals surface area contributed by atoms with Gasteiger partial charge >= 0.3 is 0 Å². The quantitative estimate of drug-likeness (QED) is 0.891. The predicted octanol–water partition coefficient (Wildman–Crippen LogP) is 3.63. The number of pyridine rings is 1. The summed E-state index contributed by atoms with van der Waals surface area (Å²) in [5, 5.41) is 9.69. The first kappa shape index (κ1) is 12.6. The van der Waals surface area contributed by atoms with Crippen LogP contribution < -0.4 is 4.74 Å². The number of benzene rings is 1. The van der Waals surface area contributed by atoms with Crippen LogP contribution in [0.1, 0.15) is 30.7 Å². The standard InChI is InChI=1S/C15H17NO2/c1-3-15(17)12-5-8-13(9-6-12)18-14-7-4-11(2)16-10-14/h4-10,15,17H,3H2,1-2H3. The Balaban J connectivity index is 2.08. The molecule has 1 atom stereocenters. The van der Waals surface area contributed by atoms with Crippen molar-refractivity contribution in [2.24, 2.45) is 0 Å². The second kappa shape index (κ2) is 5.65. The zero-order valence-corrected chi connectivity index (χ0v) is 10.6. The fourth-order valence-electron chi connectivity index (χ4n) is 1.64. The van der Waals surface area contributed by atoms with E-state index in [1.165, 1.54) is 0 Å². The predicted molar refractivity (Wildman–Crippen MR) is 70.7 cm³/mol. The second-order valence-electron chi connectivity index (χ2n) is 4.23.